The molecule has 5 nitrogen and oxygen atoms in total. The summed E-state index contributed by atoms with van der Waals surface area (Å²) in [6.45, 7) is 6.59. The SMILES string of the molecule is CC(C)(C)OC(=O)NCC1CCN(C(=O)c2ccc(F)cc2F)C1. The number of carbonyl (C=O) groups is 2. The number of alkyl carbamates (subject to hydrolysis) is 1. The maximum Gasteiger partial charge on any atom is 0.407 e. The molecule has 1 unspecified atom stereocenters. The Kier molecular flexibility index (Phi) is 5.41. The molecule has 1 saturated heterocycles. The van der Waals surface area contributed by atoms with Gasteiger partial charge < -0.3 is 15.0 Å². The van der Waals surface area contributed by atoms with Crippen molar-refractivity contribution in [3.8, 4) is 0 Å². The topological polar surface area (TPSA) is 58.6 Å². The van der Waals surface area contributed by atoms with Gasteiger partial charge in [-0.3, -0.25) is 4.79 Å². The number of likely N-dealkylation sites (tertiary alicyclic amines) is 1. The molecule has 132 valence electrons. The van der Waals surface area contributed by atoms with Gasteiger partial charge in [-0.2, -0.15) is 0 Å². The van der Waals surface area contributed by atoms with Gasteiger partial charge in [0.05, 0.1) is 5.56 Å². The summed E-state index contributed by atoms with van der Waals surface area (Å²) < 4.78 is 31.8. The fourth-order valence-corrected chi connectivity index (χ4v) is 2.56. The van der Waals surface area contributed by atoms with E-state index in [9.17, 15) is 18.4 Å². The number of amides is 2. The van der Waals surface area contributed by atoms with E-state index < -0.39 is 29.2 Å². The first-order valence-corrected chi connectivity index (χ1v) is 7.87. The molecule has 1 atom stereocenters. The third-order valence-electron chi connectivity index (χ3n) is 3.67. The zero-order valence-electron chi connectivity index (χ0n) is 14.1. The first kappa shape index (κ1) is 18.2. The molecule has 1 aromatic rings. The number of nitrogens with one attached hydrogen (secondary N) is 1. The molecular formula is C17H22F2N2O3. The largest absolute Gasteiger partial charge is 0.444 e. The smallest absolute Gasteiger partial charge is 0.407 e. The Morgan fingerprint density at radius 3 is 2.67 bits per heavy atom. The lowest BCUT2D eigenvalue weighted by atomic mass is 10.1. The van der Waals surface area contributed by atoms with Crippen molar-refractivity contribution in [3.63, 3.8) is 0 Å². The van der Waals surface area contributed by atoms with Crippen molar-refractivity contribution in [1.82, 2.24) is 10.2 Å². The highest BCUT2D eigenvalue weighted by molar-refractivity contribution is 5.94. The minimum absolute atomic E-state index is 0.0741. The van der Waals surface area contributed by atoms with E-state index in [1.165, 1.54) is 4.90 Å². The molecule has 0 spiro atoms. The third-order valence-corrected chi connectivity index (χ3v) is 3.67. The molecule has 0 saturated carbocycles. The van der Waals surface area contributed by atoms with E-state index in [4.69, 9.17) is 4.74 Å². The summed E-state index contributed by atoms with van der Waals surface area (Å²) in [6.07, 6.45) is 0.196. The summed E-state index contributed by atoms with van der Waals surface area (Å²) in [5.74, 6) is -1.97. The van der Waals surface area contributed by atoms with Crippen molar-refractivity contribution in [2.45, 2.75) is 32.8 Å². The summed E-state index contributed by atoms with van der Waals surface area (Å²) in [4.78, 5) is 25.4. The number of nitrogens with zero attached hydrogens (tertiary/aromatic N) is 1. The van der Waals surface area contributed by atoms with Crippen molar-refractivity contribution < 1.29 is 23.1 Å². The number of ether oxygens (including phenoxy) is 1. The minimum atomic E-state index is -0.865. The van der Waals surface area contributed by atoms with Crippen LogP contribution in [0.15, 0.2) is 18.2 Å². The van der Waals surface area contributed by atoms with Crippen LogP contribution in [0.2, 0.25) is 0 Å². The summed E-state index contributed by atoms with van der Waals surface area (Å²) in [6, 6.07) is 2.91. The number of hydrogen-bond donors (Lipinski definition) is 1. The van der Waals surface area contributed by atoms with Crippen LogP contribution in [-0.2, 0) is 4.74 Å². The zero-order valence-corrected chi connectivity index (χ0v) is 14.1. The zero-order chi connectivity index (χ0) is 17.9. The van der Waals surface area contributed by atoms with Crippen LogP contribution in [0.5, 0.6) is 0 Å². The lowest BCUT2D eigenvalue weighted by molar-refractivity contribution is 0.0520. The van der Waals surface area contributed by atoms with Crippen molar-refractivity contribution >= 4 is 12.0 Å². The van der Waals surface area contributed by atoms with E-state index in [2.05, 4.69) is 5.32 Å². The van der Waals surface area contributed by atoms with Gasteiger partial charge in [0.15, 0.2) is 0 Å². The number of carbonyl (C=O) groups excluding carboxylic acids is 2. The van der Waals surface area contributed by atoms with Crippen LogP contribution in [0.25, 0.3) is 0 Å². The molecule has 24 heavy (non-hydrogen) atoms. The Balaban J connectivity index is 1.86. The molecule has 2 rings (SSSR count). The minimum Gasteiger partial charge on any atom is -0.444 e. The van der Waals surface area contributed by atoms with E-state index in [-0.39, 0.29) is 11.5 Å². The van der Waals surface area contributed by atoms with E-state index >= 15 is 0 Å². The maximum atomic E-state index is 13.7. The van der Waals surface area contributed by atoms with E-state index in [1.807, 2.05) is 0 Å². The van der Waals surface area contributed by atoms with Crippen molar-refractivity contribution in [2.24, 2.45) is 5.92 Å². The Labute approximate surface area is 140 Å². The average Bonchev–Trinajstić information content (AvgIpc) is 2.91. The molecular weight excluding hydrogens is 318 g/mol. The van der Waals surface area contributed by atoms with E-state index in [0.717, 1.165) is 12.1 Å². The lowest BCUT2D eigenvalue weighted by Crippen LogP contribution is -2.36. The van der Waals surface area contributed by atoms with Gasteiger partial charge in [0, 0.05) is 25.7 Å². The molecule has 1 aliphatic rings. The van der Waals surface area contributed by atoms with Gasteiger partial charge in [-0.05, 0) is 45.2 Å². The van der Waals surface area contributed by atoms with Crippen LogP contribution in [0.1, 0.15) is 37.6 Å². The Bertz CT molecular complexity index is 629. The van der Waals surface area contributed by atoms with Crippen LogP contribution in [0, 0.1) is 17.6 Å². The average molecular weight is 340 g/mol. The van der Waals surface area contributed by atoms with Gasteiger partial charge in [-0.15, -0.1) is 0 Å². The molecule has 0 radical (unpaired) electrons. The molecule has 0 bridgehead atoms. The van der Waals surface area contributed by atoms with E-state index in [0.29, 0.717) is 32.1 Å². The van der Waals surface area contributed by atoms with Crippen LogP contribution in [-0.4, -0.2) is 42.1 Å². The lowest BCUT2D eigenvalue weighted by Gasteiger charge is -2.21. The van der Waals surface area contributed by atoms with Gasteiger partial charge in [-0.25, -0.2) is 13.6 Å². The highest BCUT2D eigenvalue weighted by atomic mass is 19.1. The summed E-state index contributed by atoms with van der Waals surface area (Å²) in [5, 5.41) is 2.68. The Morgan fingerprint density at radius 1 is 1.33 bits per heavy atom. The van der Waals surface area contributed by atoms with Gasteiger partial charge in [0.1, 0.15) is 17.2 Å². The molecule has 0 aliphatic carbocycles. The van der Waals surface area contributed by atoms with Gasteiger partial charge in [0.25, 0.3) is 5.91 Å². The van der Waals surface area contributed by atoms with Crippen LogP contribution >= 0.6 is 0 Å². The second-order valence-electron chi connectivity index (χ2n) is 6.91. The molecule has 7 heteroatoms. The van der Waals surface area contributed by atoms with Crippen LogP contribution in [0.3, 0.4) is 0 Å². The highest BCUT2D eigenvalue weighted by Gasteiger charge is 2.29. The molecule has 1 N–H and O–H groups in total. The Morgan fingerprint density at radius 2 is 2.04 bits per heavy atom. The van der Waals surface area contributed by atoms with Crippen LogP contribution < -0.4 is 5.32 Å². The first-order valence-electron chi connectivity index (χ1n) is 7.87. The number of hydrogen-bond acceptors (Lipinski definition) is 3. The van der Waals surface area contributed by atoms with Gasteiger partial charge in [0.2, 0.25) is 0 Å². The molecule has 0 aromatic heterocycles. The summed E-state index contributed by atoms with van der Waals surface area (Å²) >= 11 is 0. The third kappa shape index (κ3) is 4.91. The number of halogens is 2. The van der Waals surface area contributed by atoms with Crippen molar-refractivity contribution in [3.05, 3.63) is 35.4 Å². The van der Waals surface area contributed by atoms with Gasteiger partial charge in [-0.1, -0.05) is 0 Å². The highest BCUT2D eigenvalue weighted by Crippen LogP contribution is 2.20. The Hall–Kier alpha value is -2.18. The van der Waals surface area contributed by atoms with Crippen LogP contribution in [0.4, 0.5) is 13.6 Å². The fourth-order valence-electron chi connectivity index (χ4n) is 2.56. The predicted molar refractivity (Wildman–Crippen MR) is 84.6 cm³/mol. The maximum absolute atomic E-state index is 13.7. The second-order valence-corrected chi connectivity index (χ2v) is 6.91. The standard InChI is InChI=1S/C17H22F2N2O3/c1-17(2,3)24-16(23)20-9-11-6-7-21(10-11)15(22)13-5-4-12(18)8-14(13)19/h4-5,8,11H,6-7,9-10H2,1-3H3,(H,20,23). The quantitative estimate of drug-likeness (QED) is 0.920. The monoisotopic (exact) mass is 340 g/mol. The normalized spacial score (nSPS) is 17.7. The van der Waals surface area contributed by atoms with Gasteiger partial charge >= 0.3 is 6.09 Å². The van der Waals surface area contributed by atoms with E-state index in [1.54, 1.807) is 20.8 Å². The first-order chi connectivity index (χ1) is 11.2. The molecule has 1 heterocycles. The summed E-state index contributed by atoms with van der Waals surface area (Å²) in [5.41, 5.74) is -0.709. The van der Waals surface area contributed by atoms with Crippen molar-refractivity contribution in [1.29, 1.82) is 0 Å². The molecule has 1 fully saturated rings. The summed E-state index contributed by atoms with van der Waals surface area (Å²) in [7, 11) is 0. The number of rotatable bonds is 3. The van der Waals surface area contributed by atoms with Crippen molar-refractivity contribution in [2.75, 3.05) is 19.6 Å². The second kappa shape index (κ2) is 7.15. The number of benzene rings is 1. The fraction of sp³-hybridized carbons (Fsp3) is 0.529. The molecule has 2 amide bonds. The predicted octanol–water partition coefficient (Wildman–Crippen LogP) is 2.95. The molecule has 1 aromatic carbocycles. The molecule has 1 aliphatic heterocycles.